The Morgan fingerprint density at radius 3 is 2.75 bits per heavy atom. The van der Waals surface area contributed by atoms with Crippen molar-refractivity contribution in [1.29, 1.82) is 0 Å². The molecule has 2 nitrogen and oxygen atoms in total. The van der Waals surface area contributed by atoms with Crippen LogP contribution in [0.25, 0.3) is 0 Å². The fourth-order valence-corrected chi connectivity index (χ4v) is 5.02. The average molecular weight is 321 g/mol. The molecule has 0 bridgehead atoms. The van der Waals surface area contributed by atoms with E-state index < -0.39 is 0 Å². The van der Waals surface area contributed by atoms with Crippen molar-refractivity contribution in [2.75, 3.05) is 13.7 Å². The minimum absolute atomic E-state index is 0.197. The number of methoxy groups -OCH3 is 1. The van der Waals surface area contributed by atoms with Gasteiger partial charge in [0.2, 0.25) is 0 Å². The number of ether oxygens (including phenoxy) is 1. The second kappa shape index (κ2) is 6.60. The molecule has 0 spiro atoms. The Bertz CT molecular complexity index is 683. The number of likely N-dealkylation sites (tertiary alicyclic amines) is 1. The van der Waals surface area contributed by atoms with Crippen LogP contribution in [0.15, 0.2) is 54.6 Å². The van der Waals surface area contributed by atoms with Crippen LogP contribution >= 0.6 is 0 Å². The van der Waals surface area contributed by atoms with Gasteiger partial charge in [-0.2, -0.15) is 0 Å². The molecule has 0 amide bonds. The fraction of sp³-hybridized carbons (Fsp3) is 0.455. The molecular formula is C22H27NO. The van der Waals surface area contributed by atoms with Gasteiger partial charge in [0.25, 0.3) is 0 Å². The zero-order valence-electron chi connectivity index (χ0n) is 14.6. The van der Waals surface area contributed by atoms with Gasteiger partial charge in [-0.1, -0.05) is 55.3 Å². The van der Waals surface area contributed by atoms with E-state index in [-0.39, 0.29) is 5.54 Å². The molecule has 2 atom stereocenters. The summed E-state index contributed by atoms with van der Waals surface area (Å²) in [5.74, 6) is 1.76. The Balaban J connectivity index is 1.73. The fourth-order valence-electron chi connectivity index (χ4n) is 5.02. The van der Waals surface area contributed by atoms with Gasteiger partial charge < -0.3 is 4.74 Å². The van der Waals surface area contributed by atoms with E-state index in [0.717, 1.165) is 18.2 Å². The van der Waals surface area contributed by atoms with Crippen molar-refractivity contribution in [2.24, 2.45) is 5.92 Å². The minimum atomic E-state index is 0.197. The van der Waals surface area contributed by atoms with Crippen LogP contribution in [0.4, 0.5) is 0 Å². The summed E-state index contributed by atoms with van der Waals surface area (Å²) in [4.78, 5) is 2.75. The number of nitrogens with zero attached hydrogens (tertiary/aromatic N) is 1. The van der Waals surface area contributed by atoms with Gasteiger partial charge in [-0.25, -0.2) is 0 Å². The normalized spacial score (nSPS) is 27.0. The summed E-state index contributed by atoms with van der Waals surface area (Å²) in [7, 11) is 1.77. The maximum atomic E-state index is 5.53. The first-order valence-electron chi connectivity index (χ1n) is 9.26. The molecule has 24 heavy (non-hydrogen) atoms. The minimum Gasteiger partial charge on any atom is -0.497 e. The van der Waals surface area contributed by atoms with Crippen LogP contribution in [0.5, 0.6) is 5.75 Å². The Labute approximate surface area is 145 Å². The second-order valence-corrected chi connectivity index (χ2v) is 7.29. The lowest BCUT2D eigenvalue weighted by atomic mass is 9.69. The Kier molecular flexibility index (Phi) is 4.32. The molecule has 1 aliphatic carbocycles. The molecule has 1 aliphatic heterocycles. The lowest BCUT2D eigenvalue weighted by Crippen LogP contribution is -2.46. The lowest BCUT2D eigenvalue weighted by Gasteiger charge is -2.46. The van der Waals surface area contributed by atoms with Crippen LogP contribution in [0, 0.1) is 5.92 Å². The number of hydrogen-bond acceptors (Lipinski definition) is 2. The molecule has 0 N–H and O–H groups in total. The standard InChI is InChI=1S/C22H27NO/c1-24-21-12-7-11-20(16-21)22-14-6-5-10-19(22)13-15-23(22)17-18-8-3-2-4-9-18/h2-4,7-9,11-12,16,19H,5-6,10,13-15,17H2,1H3/t19-,22-/m0/s1. The van der Waals surface area contributed by atoms with Gasteiger partial charge in [-0.15, -0.1) is 0 Å². The van der Waals surface area contributed by atoms with Crippen LogP contribution in [0.2, 0.25) is 0 Å². The number of benzene rings is 2. The van der Waals surface area contributed by atoms with Crippen LogP contribution in [0.1, 0.15) is 43.2 Å². The van der Waals surface area contributed by atoms with Gasteiger partial charge >= 0.3 is 0 Å². The molecule has 2 aliphatic rings. The topological polar surface area (TPSA) is 12.5 Å². The zero-order valence-corrected chi connectivity index (χ0v) is 14.6. The van der Waals surface area contributed by atoms with E-state index in [4.69, 9.17) is 4.74 Å². The molecule has 4 rings (SSSR count). The largest absolute Gasteiger partial charge is 0.497 e. The SMILES string of the molecule is COc1cccc([C@]23CCCC[C@H]2CCN3Cc2ccccc2)c1. The van der Waals surface area contributed by atoms with Crippen LogP contribution in [-0.2, 0) is 12.1 Å². The molecule has 1 saturated heterocycles. The van der Waals surface area contributed by atoms with Crippen molar-refractivity contribution < 1.29 is 4.74 Å². The van der Waals surface area contributed by atoms with Crippen molar-refractivity contribution in [3.8, 4) is 5.75 Å². The molecule has 2 aromatic rings. The van der Waals surface area contributed by atoms with E-state index in [9.17, 15) is 0 Å². The summed E-state index contributed by atoms with van der Waals surface area (Å²) in [6, 6.07) is 19.8. The Morgan fingerprint density at radius 2 is 1.92 bits per heavy atom. The molecule has 1 saturated carbocycles. The van der Waals surface area contributed by atoms with Gasteiger partial charge in [0.15, 0.2) is 0 Å². The van der Waals surface area contributed by atoms with E-state index in [0.29, 0.717) is 0 Å². The summed E-state index contributed by atoms with van der Waals surface area (Å²) >= 11 is 0. The predicted molar refractivity (Wildman–Crippen MR) is 98.1 cm³/mol. The number of rotatable bonds is 4. The van der Waals surface area contributed by atoms with Crippen molar-refractivity contribution in [3.63, 3.8) is 0 Å². The molecule has 2 heteroatoms. The molecule has 1 heterocycles. The van der Waals surface area contributed by atoms with Crippen LogP contribution in [-0.4, -0.2) is 18.6 Å². The highest BCUT2D eigenvalue weighted by Gasteiger charge is 2.50. The second-order valence-electron chi connectivity index (χ2n) is 7.29. The maximum absolute atomic E-state index is 5.53. The summed E-state index contributed by atoms with van der Waals surface area (Å²) in [6.45, 7) is 2.26. The first-order chi connectivity index (χ1) is 11.8. The first kappa shape index (κ1) is 15.7. The maximum Gasteiger partial charge on any atom is 0.119 e. The third-order valence-electron chi connectivity index (χ3n) is 6.13. The van der Waals surface area contributed by atoms with Gasteiger partial charge in [-0.3, -0.25) is 4.90 Å². The first-order valence-corrected chi connectivity index (χ1v) is 9.26. The highest BCUT2D eigenvalue weighted by Crippen LogP contribution is 2.52. The van der Waals surface area contributed by atoms with Gasteiger partial charge in [0.1, 0.15) is 5.75 Å². The Hall–Kier alpha value is -1.80. The molecule has 2 aromatic carbocycles. The van der Waals surface area contributed by atoms with Crippen molar-refractivity contribution in [3.05, 3.63) is 65.7 Å². The predicted octanol–water partition coefficient (Wildman–Crippen LogP) is 4.99. The third kappa shape index (κ3) is 2.63. The number of hydrogen-bond donors (Lipinski definition) is 0. The average Bonchev–Trinajstić information content (AvgIpc) is 3.02. The Morgan fingerprint density at radius 1 is 1.04 bits per heavy atom. The summed E-state index contributed by atoms with van der Waals surface area (Å²) in [5.41, 5.74) is 3.08. The van der Waals surface area contributed by atoms with Crippen molar-refractivity contribution in [2.45, 2.75) is 44.2 Å². The van der Waals surface area contributed by atoms with E-state index in [1.165, 1.54) is 49.8 Å². The zero-order chi connectivity index (χ0) is 16.4. The van der Waals surface area contributed by atoms with Gasteiger partial charge in [0.05, 0.1) is 7.11 Å². The van der Waals surface area contributed by atoms with Gasteiger partial charge in [0, 0.05) is 12.1 Å². The van der Waals surface area contributed by atoms with Crippen LogP contribution in [0.3, 0.4) is 0 Å². The summed E-state index contributed by atoms with van der Waals surface area (Å²) in [6.07, 6.45) is 6.68. The molecule has 0 unspecified atom stereocenters. The monoisotopic (exact) mass is 321 g/mol. The van der Waals surface area contributed by atoms with Crippen LogP contribution < -0.4 is 4.74 Å². The highest BCUT2D eigenvalue weighted by molar-refractivity contribution is 5.36. The van der Waals surface area contributed by atoms with E-state index in [2.05, 4.69) is 59.5 Å². The summed E-state index contributed by atoms with van der Waals surface area (Å²) < 4.78 is 5.53. The van der Waals surface area contributed by atoms with E-state index in [1.807, 2.05) is 0 Å². The lowest BCUT2D eigenvalue weighted by molar-refractivity contribution is 0.0536. The highest BCUT2D eigenvalue weighted by atomic mass is 16.5. The quantitative estimate of drug-likeness (QED) is 0.787. The van der Waals surface area contributed by atoms with Gasteiger partial charge in [-0.05, 0) is 55.0 Å². The molecule has 0 aromatic heterocycles. The van der Waals surface area contributed by atoms with Crippen molar-refractivity contribution >= 4 is 0 Å². The van der Waals surface area contributed by atoms with Crippen molar-refractivity contribution in [1.82, 2.24) is 4.90 Å². The smallest absolute Gasteiger partial charge is 0.119 e. The summed E-state index contributed by atoms with van der Waals surface area (Å²) in [5, 5.41) is 0. The number of fused-ring (bicyclic) bond motifs is 1. The molecular weight excluding hydrogens is 294 g/mol. The third-order valence-corrected chi connectivity index (χ3v) is 6.13. The molecule has 2 fully saturated rings. The van der Waals surface area contributed by atoms with E-state index in [1.54, 1.807) is 7.11 Å². The molecule has 0 radical (unpaired) electrons. The van der Waals surface area contributed by atoms with E-state index >= 15 is 0 Å². The molecule has 126 valence electrons.